The Hall–Kier alpha value is -2.54. The highest BCUT2D eigenvalue weighted by Gasteiger charge is 2.31. The summed E-state index contributed by atoms with van der Waals surface area (Å²) in [5, 5.41) is 8.85. The van der Waals surface area contributed by atoms with Gasteiger partial charge in [0.2, 0.25) is 0 Å². The van der Waals surface area contributed by atoms with Crippen LogP contribution in [0.4, 0.5) is 4.39 Å². The van der Waals surface area contributed by atoms with Gasteiger partial charge in [-0.2, -0.15) is 0 Å². The number of aromatic amines is 1. The summed E-state index contributed by atoms with van der Waals surface area (Å²) in [6.07, 6.45) is 5.34. The Kier molecular flexibility index (Phi) is 4.44. The highest BCUT2D eigenvalue weighted by atomic mass is 19.1. The molecule has 6 nitrogen and oxygen atoms in total. The smallest absolute Gasteiger partial charge is 0.338 e. The van der Waals surface area contributed by atoms with Gasteiger partial charge in [0.05, 0.1) is 23.5 Å². The number of halogens is 1. The molecule has 3 atom stereocenters. The minimum Gasteiger partial charge on any atom is -0.478 e. The molecule has 1 aromatic carbocycles. The van der Waals surface area contributed by atoms with E-state index in [-0.39, 0.29) is 17.6 Å². The number of aromatic nitrogens is 2. The monoisotopic (exact) mass is 330 g/mol. The molecule has 24 heavy (non-hydrogen) atoms. The first kappa shape index (κ1) is 16.3. The summed E-state index contributed by atoms with van der Waals surface area (Å²) in [7, 11) is 0. The SMILES string of the molecule is CC(/N=c1/cnc(-c2ccc(C(=O)O)c(F)c2)c[nH]1)[C@H]1CC[C@@H]1N. The molecule has 1 saturated carbocycles. The lowest BCUT2D eigenvalue weighted by molar-refractivity contribution is 0.0692. The Labute approximate surface area is 138 Å². The molecule has 0 amide bonds. The molecular formula is C17H19FN4O2. The Morgan fingerprint density at radius 1 is 1.50 bits per heavy atom. The molecule has 7 heteroatoms. The molecule has 1 unspecified atom stereocenters. The number of rotatable bonds is 4. The average Bonchev–Trinajstić information content (AvgIpc) is 2.53. The standard InChI is InChI=1S/C17H19FN4O2/c1-9(11-4-5-14(11)19)22-16-8-20-15(7-21-16)10-2-3-12(17(23)24)13(18)6-10/h2-3,6-9,11,14H,4-5,19H2,1H3,(H,21,22)(H,23,24)/t9?,11-,14+/m1/s1. The zero-order valence-electron chi connectivity index (χ0n) is 13.2. The molecule has 0 spiro atoms. The van der Waals surface area contributed by atoms with Gasteiger partial charge >= 0.3 is 5.97 Å². The quantitative estimate of drug-likeness (QED) is 0.797. The number of H-pyrrole nitrogens is 1. The van der Waals surface area contributed by atoms with E-state index in [2.05, 4.69) is 15.0 Å². The number of nitrogens with zero attached hydrogens (tertiary/aromatic N) is 2. The number of benzene rings is 1. The van der Waals surface area contributed by atoms with Crippen LogP contribution in [0, 0.1) is 11.7 Å². The van der Waals surface area contributed by atoms with Gasteiger partial charge in [0.1, 0.15) is 11.3 Å². The first-order chi connectivity index (χ1) is 11.5. The molecule has 2 aromatic rings. The fourth-order valence-electron chi connectivity index (χ4n) is 2.89. The van der Waals surface area contributed by atoms with Crippen molar-refractivity contribution in [3.63, 3.8) is 0 Å². The summed E-state index contributed by atoms with van der Waals surface area (Å²) in [5.41, 5.74) is 7.24. The minimum absolute atomic E-state index is 0.116. The van der Waals surface area contributed by atoms with Crippen molar-refractivity contribution in [1.82, 2.24) is 9.97 Å². The van der Waals surface area contributed by atoms with Crippen LogP contribution >= 0.6 is 0 Å². The average molecular weight is 330 g/mol. The van der Waals surface area contributed by atoms with E-state index in [0.29, 0.717) is 22.7 Å². The maximum Gasteiger partial charge on any atom is 0.338 e. The molecule has 1 heterocycles. The van der Waals surface area contributed by atoms with Crippen molar-refractivity contribution in [2.45, 2.75) is 31.8 Å². The van der Waals surface area contributed by atoms with Crippen molar-refractivity contribution in [2.24, 2.45) is 16.6 Å². The van der Waals surface area contributed by atoms with Crippen LogP contribution in [0.25, 0.3) is 11.3 Å². The molecule has 4 N–H and O–H groups in total. The van der Waals surface area contributed by atoms with Crippen molar-refractivity contribution >= 4 is 5.97 Å². The molecule has 1 fully saturated rings. The van der Waals surface area contributed by atoms with E-state index >= 15 is 0 Å². The van der Waals surface area contributed by atoms with Gasteiger partial charge in [0.25, 0.3) is 0 Å². The number of carbonyl (C=O) groups is 1. The Morgan fingerprint density at radius 2 is 2.29 bits per heavy atom. The van der Waals surface area contributed by atoms with Crippen LogP contribution in [0.3, 0.4) is 0 Å². The zero-order valence-corrected chi connectivity index (χ0v) is 13.2. The second-order valence-electron chi connectivity index (χ2n) is 6.09. The Morgan fingerprint density at radius 3 is 2.79 bits per heavy atom. The highest BCUT2D eigenvalue weighted by molar-refractivity contribution is 5.88. The van der Waals surface area contributed by atoms with Crippen molar-refractivity contribution in [2.75, 3.05) is 0 Å². The molecule has 126 valence electrons. The van der Waals surface area contributed by atoms with E-state index in [1.807, 2.05) is 6.92 Å². The largest absolute Gasteiger partial charge is 0.478 e. The molecule has 0 radical (unpaired) electrons. The van der Waals surface area contributed by atoms with Gasteiger partial charge in [-0.1, -0.05) is 6.07 Å². The fraction of sp³-hybridized carbons (Fsp3) is 0.353. The number of nitrogens with one attached hydrogen (secondary N) is 1. The van der Waals surface area contributed by atoms with Gasteiger partial charge in [-0.25, -0.2) is 9.18 Å². The van der Waals surface area contributed by atoms with Crippen LogP contribution in [0.1, 0.15) is 30.1 Å². The van der Waals surface area contributed by atoms with Gasteiger partial charge in [0.15, 0.2) is 0 Å². The van der Waals surface area contributed by atoms with E-state index in [4.69, 9.17) is 10.8 Å². The molecule has 3 rings (SSSR count). The summed E-state index contributed by atoms with van der Waals surface area (Å²) in [5.74, 6) is -1.69. The number of carboxylic acids is 1. The number of hydrogen-bond acceptors (Lipinski definition) is 4. The Balaban J connectivity index is 1.82. The Bertz CT molecular complexity index is 813. The number of nitrogens with two attached hydrogens (primary N) is 1. The van der Waals surface area contributed by atoms with Gasteiger partial charge < -0.3 is 15.8 Å². The molecule has 0 aliphatic heterocycles. The third-order valence-corrected chi connectivity index (χ3v) is 4.52. The van der Waals surface area contributed by atoms with Crippen molar-refractivity contribution in [1.29, 1.82) is 0 Å². The van der Waals surface area contributed by atoms with Gasteiger partial charge in [-0.05, 0) is 37.8 Å². The lowest BCUT2D eigenvalue weighted by atomic mass is 9.76. The highest BCUT2D eigenvalue weighted by Crippen LogP contribution is 2.29. The topological polar surface area (TPSA) is 104 Å². The first-order valence-corrected chi connectivity index (χ1v) is 7.83. The van der Waals surface area contributed by atoms with E-state index in [1.54, 1.807) is 12.4 Å². The number of hydrogen-bond donors (Lipinski definition) is 3. The lowest BCUT2D eigenvalue weighted by Gasteiger charge is -2.36. The van der Waals surface area contributed by atoms with Crippen LogP contribution in [0.2, 0.25) is 0 Å². The van der Waals surface area contributed by atoms with Crippen LogP contribution in [0.15, 0.2) is 35.6 Å². The third-order valence-electron chi connectivity index (χ3n) is 4.52. The van der Waals surface area contributed by atoms with E-state index in [9.17, 15) is 9.18 Å². The normalized spacial score (nSPS) is 22.0. The van der Waals surface area contributed by atoms with Crippen molar-refractivity contribution < 1.29 is 14.3 Å². The van der Waals surface area contributed by atoms with Crippen LogP contribution in [-0.2, 0) is 0 Å². The second kappa shape index (κ2) is 6.52. The van der Waals surface area contributed by atoms with E-state index in [1.165, 1.54) is 12.1 Å². The summed E-state index contributed by atoms with van der Waals surface area (Å²) >= 11 is 0. The van der Waals surface area contributed by atoms with Gasteiger partial charge in [-0.3, -0.25) is 9.98 Å². The van der Waals surface area contributed by atoms with Crippen molar-refractivity contribution in [3.8, 4) is 11.3 Å². The molecule has 1 aromatic heterocycles. The summed E-state index contributed by atoms with van der Waals surface area (Å²) in [6.45, 7) is 2.03. The maximum atomic E-state index is 13.8. The van der Waals surface area contributed by atoms with Crippen LogP contribution < -0.4 is 11.2 Å². The molecule has 0 bridgehead atoms. The van der Waals surface area contributed by atoms with Gasteiger partial charge in [0, 0.05) is 17.8 Å². The minimum atomic E-state index is -1.30. The lowest BCUT2D eigenvalue weighted by Crippen LogP contribution is -2.45. The van der Waals surface area contributed by atoms with Crippen LogP contribution in [0.5, 0.6) is 0 Å². The predicted molar refractivity (Wildman–Crippen MR) is 86.7 cm³/mol. The predicted octanol–water partition coefficient (Wildman–Crippen LogP) is 1.94. The molecule has 0 saturated heterocycles. The van der Waals surface area contributed by atoms with E-state index < -0.39 is 11.8 Å². The molecule has 1 aliphatic carbocycles. The van der Waals surface area contributed by atoms with Crippen molar-refractivity contribution in [3.05, 3.63) is 47.5 Å². The fourth-order valence-corrected chi connectivity index (χ4v) is 2.89. The van der Waals surface area contributed by atoms with Gasteiger partial charge in [-0.15, -0.1) is 0 Å². The summed E-state index contributed by atoms with van der Waals surface area (Å²) < 4.78 is 13.8. The molecule has 1 aliphatic rings. The summed E-state index contributed by atoms with van der Waals surface area (Å²) in [6, 6.07) is 4.24. The molecular weight excluding hydrogens is 311 g/mol. The first-order valence-electron chi connectivity index (χ1n) is 7.83. The maximum absolute atomic E-state index is 13.8. The number of aromatic carboxylic acids is 1. The second-order valence-corrected chi connectivity index (χ2v) is 6.09. The summed E-state index contributed by atoms with van der Waals surface area (Å²) in [4.78, 5) is 22.7. The third kappa shape index (κ3) is 3.21. The zero-order chi connectivity index (χ0) is 17.3. The van der Waals surface area contributed by atoms with Crippen LogP contribution in [-0.4, -0.2) is 33.1 Å². The number of carboxylic acid groups (broad SMARTS) is 1. The van der Waals surface area contributed by atoms with E-state index in [0.717, 1.165) is 18.9 Å².